The van der Waals surface area contributed by atoms with Crippen LogP contribution in [0.4, 0.5) is 11.5 Å². The van der Waals surface area contributed by atoms with Gasteiger partial charge >= 0.3 is 0 Å². The number of nitrogen functional groups attached to an aromatic ring is 1. The monoisotopic (exact) mass is 231 g/mol. The second kappa shape index (κ2) is 3.65. The second-order valence-electron chi connectivity index (χ2n) is 4.73. The maximum absolute atomic E-state index is 6.11. The smallest absolute Gasteiger partial charge is 0.230 e. The topological polar surface area (TPSA) is 55.3 Å². The van der Waals surface area contributed by atoms with Gasteiger partial charge in [0.15, 0.2) is 0 Å². The van der Waals surface area contributed by atoms with E-state index >= 15 is 0 Å². The Morgan fingerprint density at radius 2 is 2.00 bits per heavy atom. The van der Waals surface area contributed by atoms with Crippen molar-refractivity contribution in [2.45, 2.75) is 26.7 Å². The fourth-order valence-electron chi connectivity index (χ4n) is 2.48. The molecule has 0 radical (unpaired) electrons. The molecule has 0 spiro atoms. The molecule has 0 saturated carbocycles. The average Bonchev–Trinajstić information content (AvgIpc) is 2.88. The Balaban J connectivity index is 2.16. The summed E-state index contributed by atoms with van der Waals surface area (Å²) < 4.78 is 5.66. The molecule has 0 aliphatic carbocycles. The zero-order chi connectivity index (χ0) is 12.0. The van der Waals surface area contributed by atoms with E-state index in [1.165, 1.54) is 12.8 Å². The number of aromatic nitrogens is 1. The minimum Gasteiger partial charge on any atom is -0.443 e. The lowest BCUT2D eigenvalue weighted by molar-refractivity contribution is 0.564. The molecule has 4 heteroatoms. The van der Waals surface area contributed by atoms with E-state index in [1.807, 2.05) is 19.9 Å². The predicted octanol–water partition coefficient (Wildman–Crippen LogP) is 2.63. The molecule has 0 unspecified atom stereocenters. The van der Waals surface area contributed by atoms with Crippen molar-refractivity contribution in [1.82, 2.24) is 4.98 Å². The molecule has 3 rings (SSSR count). The van der Waals surface area contributed by atoms with Crippen LogP contribution in [0.2, 0.25) is 0 Å². The Labute approximate surface area is 100 Å². The lowest BCUT2D eigenvalue weighted by atomic mass is 10.1. The van der Waals surface area contributed by atoms with Gasteiger partial charge in [-0.1, -0.05) is 0 Å². The summed E-state index contributed by atoms with van der Waals surface area (Å²) in [6.45, 7) is 6.11. The van der Waals surface area contributed by atoms with E-state index in [4.69, 9.17) is 10.2 Å². The third-order valence-electron chi connectivity index (χ3n) is 3.59. The van der Waals surface area contributed by atoms with Crippen molar-refractivity contribution < 1.29 is 4.42 Å². The Hall–Kier alpha value is -1.71. The van der Waals surface area contributed by atoms with E-state index < -0.39 is 0 Å². The lowest BCUT2D eigenvalue weighted by Gasteiger charge is -2.16. The zero-order valence-corrected chi connectivity index (χ0v) is 10.3. The summed E-state index contributed by atoms with van der Waals surface area (Å²) in [6.07, 6.45) is 2.46. The van der Waals surface area contributed by atoms with Crippen LogP contribution in [0, 0.1) is 13.8 Å². The van der Waals surface area contributed by atoms with Gasteiger partial charge < -0.3 is 15.1 Å². The van der Waals surface area contributed by atoms with Crippen LogP contribution in [0.5, 0.6) is 0 Å². The quantitative estimate of drug-likeness (QED) is 0.819. The molecular formula is C13H17N3O. The first-order valence-corrected chi connectivity index (χ1v) is 6.08. The molecule has 1 aliphatic rings. The van der Waals surface area contributed by atoms with E-state index in [1.54, 1.807) is 0 Å². The van der Waals surface area contributed by atoms with Crippen molar-refractivity contribution in [3.8, 4) is 0 Å². The number of hydrogen-bond acceptors (Lipinski definition) is 4. The van der Waals surface area contributed by atoms with Crippen LogP contribution in [0.1, 0.15) is 24.2 Å². The molecule has 1 fully saturated rings. The van der Waals surface area contributed by atoms with Crippen LogP contribution in [0.25, 0.3) is 11.1 Å². The highest BCUT2D eigenvalue weighted by Gasteiger charge is 2.18. The van der Waals surface area contributed by atoms with Crippen molar-refractivity contribution in [2.24, 2.45) is 0 Å². The van der Waals surface area contributed by atoms with Crippen LogP contribution in [-0.4, -0.2) is 18.1 Å². The largest absolute Gasteiger partial charge is 0.443 e. The van der Waals surface area contributed by atoms with E-state index in [-0.39, 0.29) is 0 Å². The van der Waals surface area contributed by atoms with E-state index in [0.29, 0.717) is 5.71 Å². The highest BCUT2D eigenvalue weighted by molar-refractivity contribution is 5.92. The molecule has 2 N–H and O–H groups in total. The number of pyridine rings is 1. The summed E-state index contributed by atoms with van der Waals surface area (Å²) in [6, 6.07) is 1.97. The van der Waals surface area contributed by atoms with Crippen LogP contribution in [-0.2, 0) is 0 Å². The maximum atomic E-state index is 6.11. The number of hydrogen-bond donors (Lipinski definition) is 1. The summed E-state index contributed by atoms with van der Waals surface area (Å²) in [7, 11) is 0. The lowest BCUT2D eigenvalue weighted by Crippen LogP contribution is -2.19. The Morgan fingerprint density at radius 3 is 2.71 bits per heavy atom. The Bertz CT molecular complexity index is 568. The molecule has 17 heavy (non-hydrogen) atoms. The fourth-order valence-corrected chi connectivity index (χ4v) is 2.48. The molecule has 0 atom stereocenters. The van der Waals surface area contributed by atoms with Crippen molar-refractivity contribution >= 4 is 22.6 Å². The van der Waals surface area contributed by atoms with Crippen LogP contribution in [0.3, 0.4) is 0 Å². The van der Waals surface area contributed by atoms with Crippen molar-refractivity contribution in [2.75, 3.05) is 23.7 Å². The third kappa shape index (κ3) is 1.55. The van der Waals surface area contributed by atoms with Crippen LogP contribution < -0.4 is 10.6 Å². The average molecular weight is 231 g/mol. The number of aryl methyl sites for hydroxylation is 2. The van der Waals surface area contributed by atoms with Gasteiger partial charge in [-0.3, -0.25) is 0 Å². The molecule has 2 aromatic heterocycles. The molecule has 90 valence electrons. The zero-order valence-electron chi connectivity index (χ0n) is 10.3. The van der Waals surface area contributed by atoms with Gasteiger partial charge in [0.1, 0.15) is 11.6 Å². The SMILES string of the molecule is Cc1oc2nc(N3CCCC3)cc(N)c2c1C. The Kier molecular flexibility index (Phi) is 2.24. The van der Waals surface area contributed by atoms with E-state index in [2.05, 4.69) is 9.88 Å². The highest BCUT2D eigenvalue weighted by atomic mass is 16.3. The number of rotatable bonds is 1. The van der Waals surface area contributed by atoms with Crippen LogP contribution in [0.15, 0.2) is 10.5 Å². The van der Waals surface area contributed by atoms with Crippen molar-refractivity contribution in [3.63, 3.8) is 0 Å². The molecule has 2 aromatic rings. The molecular weight excluding hydrogens is 214 g/mol. The van der Waals surface area contributed by atoms with Gasteiger partial charge in [0.05, 0.1) is 5.39 Å². The van der Waals surface area contributed by atoms with Gasteiger partial charge in [-0.15, -0.1) is 0 Å². The summed E-state index contributed by atoms with van der Waals surface area (Å²) >= 11 is 0. The number of furan rings is 1. The molecule has 1 saturated heterocycles. The van der Waals surface area contributed by atoms with Crippen molar-refractivity contribution in [3.05, 3.63) is 17.4 Å². The summed E-state index contributed by atoms with van der Waals surface area (Å²) in [4.78, 5) is 6.85. The molecule has 3 heterocycles. The number of nitrogens with two attached hydrogens (primary N) is 1. The highest BCUT2D eigenvalue weighted by Crippen LogP contribution is 2.32. The van der Waals surface area contributed by atoms with Crippen LogP contribution >= 0.6 is 0 Å². The number of anilines is 2. The second-order valence-corrected chi connectivity index (χ2v) is 4.73. The summed E-state index contributed by atoms with van der Waals surface area (Å²) in [5.41, 5.74) is 8.65. The normalized spacial score (nSPS) is 16.0. The standard InChI is InChI=1S/C13H17N3O/c1-8-9(2)17-13-12(8)10(14)7-11(15-13)16-5-3-4-6-16/h7H,3-6H2,1-2H3,(H2,14,15). The third-order valence-corrected chi connectivity index (χ3v) is 3.59. The van der Waals surface area contributed by atoms with Gasteiger partial charge in [-0.25, -0.2) is 0 Å². The van der Waals surface area contributed by atoms with Gasteiger partial charge in [-0.2, -0.15) is 4.98 Å². The Morgan fingerprint density at radius 1 is 1.29 bits per heavy atom. The summed E-state index contributed by atoms with van der Waals surface area (Å²) in [5, 5.41) is 0.963. The first kappa shape index (κ1) is 10.4. The number of fused-ring (bicyclic) bond motifs is 1. The molecule has 0 aromatic carbocycles. The summed E-state index contributed by atoms with van der Waals surface area (Å²) in [5.74, 6) is 1.85. The maximum Gasteiger partial charge on any atom is 0.230 e. The molecule has 1 aliphatic heterocycles. The van der Waals surface area contributed by atoms with Gasteiger partial charge in [0.2, 0.25) is 5.71 Å². The minimum absolute atomic E-state index is 0.668. The van der Waals surface area contributed by atoms with Gasteiger partial charge in [0.25, 0.3) is 0 Å². The first-order valence-electron chi connectivity index (χ1n) is 6.08. The van der Waals surface area contributed by atoms with Gasteiger partial charge in [0, 0.05) is 30.4 Å². The van der Waals surface area contributed by atoms with Crippen molar-refractivity contribution in [1.29, 1.82) is 0 Å². The fraction of sp³-hybridized carbons (Fsp3) is 0.462. The molecule has 0 amide bonds. The minimum atomic E-state index is 0.668. The molecule has 0 bridgehead atoms. The molecule has 4 nitrogen and oxygen atoms in total. The predicted molar refractivity (Wildman–Crippen MR) is 69.3 cm³/mol. The van der Waals surface area contributed by atoms with Gasteiger partial charge in [-0.05, 0) is 26.7 Å². The number of nitrogens with zero attached hydrogens (tertiary/aromatic N) is 2. The van der Waals surface area contributed by atoms with E-state index in [9.17, 15) is 0 Å². The first-order chi connectivity index (χ1) is 8.16. The van der Waals surface area contributed by atoms with E-state index in [0.717, 1.165) is 41.3 Å².